The van der Waals surface area contributed by atoms with Crippen LogP contribution >= 0.6 is 11.6 Å². The highest BCUT2D eigenvalue weighted by Gasteiger charge is 1.98. The molecule has 1 aromatic rings. The Labute approximate surface area is 106 Å². The van der Waals surface area contributed by atoms with Crippen molar-refractivity contribution < 1.29 is 14.6 Å². The fourth-order valence-electron chi connectivity index (χ4n) is 1.27. The summed E-state index contributed by atoms with van der Waals surface area (Å²) in [6.45, 7) is 1.06. The number of alkyl halides is 1. The molecule has 1 aromatic carbocycles. The second-order valence-electron chi connectivity index (χ2n) is 3.49. The first kappa shape index (κ1) is 13.8. The number of rotatable bonds is 7. The van der Waals surface area contributed by atoms with Gasteiger partial charge in [-0.15, -0.1) is 11.6 Å². The van der Waals surface area contributed by atoms with Crippen LogP contribution in [0.25, 0.3) is 0 Å². The number of benzene rings is 1. The van der Waals surface area contributed by atoms with Crippen LogP contribution in [0.15, 0.2) is 24.3 Å². The van der Waals surface area contributed by atoms with E-state index < -0.39 is 0 Å². The molecule has 0 aliphatic heterocycles. The van der Waals surface area contributed by atoms with Crippen LogP contribution < -0.4 is 10.1 Å². The van der Waals surface area contributed by atoms with E-state index in [-0.39, 0.29) is 18.4 Å². The molecule has 94 valence electrons. The van der Waals surface area contributed by atoms with Gasteiger partial charge in [-0.25, -0.2) is 0 Å². The first-order valence-electron chi connectivity index (χ1n) is 5.41. The van der Waals surface area contributed by atoms with Gasteiger partial charge in [-0.3, -0.25) is 4.79 Å². The lowest BCUT2D eigenvalue weighted by molar-refractivity contribution is -0.118. The van der Waals surface area contributed by atoms with Gasteiger partial charge in [0.2, 0.25) is 5.91 Å². The molecule has 2 N–H and O–H groups in total. The molecule has 0 heterocycles. The van der Waals surface area contributed by atoms with Crippen LogP contribution in [0.4, 0.5) is 0 Å². The van der Waals surface area contributed by atoms with Crippen molar-refractivity contribution >= 4 is 17.5 Å². The Kier molecular flexibility index (Phi) is 6.43. The number of hydrogen-bond donors (Lipinski definition) is 2. The number of aliphatic hydroxyl groups excluding tert-OH is 1. The summed E-state index contributed by atoms with van der Waals surface area (Å²) in [7, 11) is 0. The van der Waals surface area contributed by atoms with Gasteiger partial charge in [0, 0.05) is 6.54 Å². The van der Waals surface area contributed by atoms with E-state index in [0.29, 0.717) is 19.6 Å². The molecule has 0 aliphatic rings. The van der Waals surface area contributed by atoms with Crippen LogP contribution in [0.5, 0.6) is 5.75 Å². The lowest BCUT2D eigenvalue weighted by Gasteiger charge is -2.07. The smallest absolute Gasteiger partial charge is 0.234 e. The third-order valence-corrected chi connectivity index (χ3v) is 2.36. The van der Waals surface area contributed by atoms with Crippen LogP contribution in [0.3, 0.4) is 0 Å². The van der Waals surface area contributed by atoms with Gasteiger partial charge < -0.3 is 15.2 Å². The number of carbonyl (C=O) groups is 1. The van der Waals surface area contributed by atoms with Gasteiger partial charge in [0.15, 0.2) is 0 Å². The van der Waals surface area contributed by atoms with Crippen molar-refractivity contribution in [3.8, 4) is 5.75 Å². The van der Waals surface area contributed by atoms with Crippen LogP contribution in [0, 0.1) is 0 Å². The molecule has 0 aliphatic carbocycles. The van der Waals surface area contributed by atoms with Gasteiger partial charge in [0.25, 0.3) is 0 Å². The number of halogens is 1. The van der Waals surface area contributed by atoms with E-state index in [0.717, 1.165) is 11.3 Å². The molecule has 1 rings (SSSR count). The summed E-state index contributed by atoms with van der Waals surface area (Å²) in [5.74, 6) is 0.536. The van der Waals surface area contributed by atoms with Crippen molar-refractivity contribution in [2.75, 3.05) is 19.0 Å². The summed E-state index contributed by atoms with van der Waals surface area (Å²) in [5, 5.41) is 11.6. The summed E-state index contributed by atoms with van der Waals surface area (Å²) in [4.78, 5) is 10.8. The highest BCUT2D eigenvalue weighted by Crippen LogP contribution is 2.13. The third-order valence-electron chi connectivity index (χ3n) is 2.11. The molecule has 0 spiro atoms. The fourth-order valence-corrected chi connectivity index (χ4v) is 1.37. The van der Waals surface area contributed by atoms with Gasteiger partial charge in [0.1, 0.15) is 11.6 Å². The number of nitrogens with one attached hydrogen (secondary N) is 1. The molecule has 0 aromatic heterocycles. The van der Waals surface area contributed by atoms with Crippen LogP contribution in [0.2, 0.25) is 0 Å². The third kappa shape index (κ3) is 5.56. The van der Waals surface area contributed by atoms with Crippen molar-refractivity contribution in [1.29, 1.82) is 0 Å². The second kappa shape index (κ2) is 7.92. The Hall–Kier alpha value is -1.26. The topological polar surface area (TPSA) is 58.6 Å². The van der Waals surface area contributed by atoms with E-state index in [2.05, 4.69) is 5.32 Å². The van der Waals surface area contributed by atoms with Crippen molar-refractivity contribution in [1.82, 2.24) is 5.32 Å². The maximum Gasteiger partial charge on any atom is 0.234 e. The zero-order chi connectivity index (χ0) is 12.5. The van der Waals surface area contributed by atoms with Crippen LogP contribution in [-0.4, -0.2) is 30.0 Å². The summed E-state index contributed by atoms with van der Waals surface area (Å²) in [5.41, 5.74) is 0.818. The summed E-state index contributed by atoms with van der Waals surface area (Å²) >= 11 is 5.33. The molecular weight excluding hydrogens is 242 g/mol. The van der Waals surface area contributed by atoms with E-state index in [1.165, 1.54) is 0 Å². The monoisotopic (exact) mass is 257 g/mol. The minimum atomic E-state index is -0.172. The number of amides is 1. The molecule has 5 heteroatoms. The Bertz CT molecular complexity index is 357. The minimum Gasteiger partial charge on any atom is -0.494 e. The summed E-state index contributed by atoms with van der Waals surface area (Å²) in [6, 6.07) is 7.28. The van der Waals surface area contributed by atoms with Gasteiger partial charge in [-0.2, -0.15) is 0 Å². The van der Waals surface area contributed by atoms with Gasteiger partial charge in [-0.05, 0) is 24.1 Å². The van der Waals surface area contributed by atoms with Crippen molar-refractivity contribution in [3.63, 3.8) is 0 Å². The molecule has 0 saturated carbocycles. The van der Waals surface area contributed by atoms with Crippen LogP contribution in [0.1, 0.15) is 12.0 Å². The Morgan fingerprint density at radius 2 is 2.29 bits per heavy atom. The SMILES string of the molecule is O=C(CCl)NCCCOc1cccc(CO)c1. The zero-order valence-corrected chi connectivity index (χ0v) is 10.2. The highest BCUT2D eigenvalue weighted by atomic mass is 35.5. The fraction of sp³-hybridized carbons (Fsp3) is 0.417. The molecule has 0 fully saturated rings. The van der Waals surface area contributed by atoms with E-state index >= 15 is 0 Å². The Morgan fingerprint density at radius 3 is 3.00 bits per heavy atom. The molecule has 0 bridgehead atoms. The lowest BCUT2D eigenvalue weighted by atomic mass is 10.2. The van der Waals surface area contributed by atoms with E-state index in [1.807, 2.05) is 18.2 Å². The Balaban J connectivity index is 2.19. The molecule has 4 nitrogen and oxygen atoms in total. The lowest BCUT2D eigenvalue weighted by Crippen LogP contribution is -2.26. The normalized spacial score (nSPS) is 10.0. The second-order valence-corrected chi connectivity index (χ2v) is 3.76. The number of hydrogen-bond acceptors (Lipinski definition) is 3. The van der Waals surface area contributed by atoms with E-state index in [1.54, 1.807) is 6.07 Å². The van der Waals surface area contributed by atoms with Gasteiger partial charge >= 0.3 is 0 Å². The Morgan fingerprint density at radius 1 is 1.47 bits per heavy atom. The minimum absolute atomic E-state index is 0.00296. The van der Waals surface area contributed by atoms with Crippen molar-refractivity contribution in [2.45, 2.75) is 13.0 Å². The summed E-state index contributed by atoms with van der Waals surface area (Å²) < 4.78 is 5.47. The highest BCUT2D eigenvalue weighted by molar-refractivity contribution is 6.27. The predicted molar refractivity (Wildman–Crippen MR) is 66.2 cm³/mol. The first-order valence-corrected chi connectivity index (χ1v) is 5.95. The first-order chi connectivity index (χ1) is 8.26. The predicted octanol–water partition coefficient (Wildman–Crippen LogP) is 1.30. The molecule has 1 amide bonds. The number of carbonyl (C=O) groups excluding carboxylic acids is 1. The van der Waals surface area contributed by atoms with Crippen molar-refractivity contribution in [2.24, 2.45) is 0 Å². The number of ether oxygens (including phenoxy) is 1. The molecular formula is C12H16ClNO3. The van der Waals surface area contributed by atoms with E-state index in [4.69, 9.17) is 21.4 Å². The van der Waals surface area contributed by atoms with Crippen molar-refractivity contribution in [3.05, 3.63) is 29.8 Å². The largest absolute Gasteiger partial charge is 0.494 e. The van der Waals surface area contributed by atoms with Gasteiger partial charge in [-0.1, -0.05) is 12.1 Å². The molecule has 17 heavy (non-hydrogen) atoms. The molecule has 0 unspecified atom stereocenters. The standard InChI is InChI=1S/C12H16ClNO3/c13-8-12(16)14-5-2-6-17-11-4-1-3-10(7-11)9-15/h1,3-4,7,15H,2,5-6,8-9H2,(H,14,16). The quantitative estimate of drug-likeness (QED) is 0.572. The average Bonchev–Trinajstić information content (AvgIpc) is 2.38. The maximum atomic E-state index is 10.8. The molecule has 0 atom stereocenters. The molecule has 0 radical (unpaired) electrons. The van der Waals surface area contributed by atoms with Crippen LogP contribution in [-0.2, 0) is 11.4 Å². The molecule has 0 saturated heterocycles. The maximum absolute atomic E-state index is 10.8. The average molecular weight is 258 g/mol. The zero-order valence-electron chi connectivity index (χ0n) is 9.49. The summed E-state index contributed by atoms with van der Waals surface area (Å²) in [6.07, 6.45) is 0.714. The van der Waals surface area contributed by atoms with E-state index in [9.17, 15) is 4.79 Å². The van der Waals surface area contributed by atoms with Gasteiger partial charge in [0.05, 0.1) is 13.2 Å². The number of aliphatic hydroxyl groups is 1.